The number of hydrogen-bond donors (Lipinski definition) is 1. The number of nitrogens with zero attached hydrogens (tertiary/aromatic N) is 4. The van der Waals surface area contributed by atoms with E-state index >= 15 is 0 Å². The predicted molar refractivity (Wildman–Crippen MR) is 78.6 cm³/mol. The maximum absolute atomic E-state index is 12.7. The van der Waals surface area contributed by atoms with Crippen LogP contribution in [0.4, 0.5) is 4.39 Å². The minimum Gasteiger partial charge on any atom is -0.245 e. The van der Waals surface area contributed by atoms with Crippen molar-refractivity contribution in [2.45, 2.75) is 12.7 Å². The summed E-state index contributed by atoms with van der Waals surface area (Å²) in [7, 11) is -3.68. The maximum Gasteiger partial charge on any atom is 0.280 e. The van der Waals surface area contributed by atoms with Gasteiger partial charge in [-0.2, -0.15) is 17.4 Å². The molecule has 0 bridgehead atoms. The Bertz CT molecular complexity index is 775. The van der Waals surface area contributed by atoms with Crippen molar-refractivity contribution in [1.29, 1.82) is 0 Å². The van der Waals surface area contributed by atoms with E-state index in [9.17, 15) is 12.8 Å². The van der Waals surface area contributed by atoms with E-state index < -0.39 is 16.4 Å². The number of hydrogen-bond acceptors (Lipinski definition) is 4. The molecule has 0 radical (unpaired) electrons. The van der Waals surface area contributed by atoms with Crippen molar-refractivity contribution in [3.8, 4) is 5.69 Å². The van der Waals surface area contributed by atoms with Crippen LogP contribution < -0.4 is 4.72 Å². The topological polar surface area (TPSA) is 80.1 Å². The molecule has 0 unspecified atom stereocenters. The van der Waals surface area contributed by atoms with E-state index in [1.54, 1.807) is 24.4 Å². The predicted octanol–water partition coefficient (Wildman–Crippen LogP) is 0.909. The lowest BCUT2D eigenvalue weighted by atomic mass is 10.3. The Balaban J connectivity index is 1.67. The smallest absolute Gasteiger partial charge is 0.245 e. The number of alkyl halides is 1. The summed E-state index contributed by atoms with van der Waals surface area (Å²) in [5.74, 6) is 0. The van der Waals surface area contributed by atoms with Crippen LogP contribution in [0.1, 0.15) is 5.69 Å². The van der Waals surface area contributed by atoms with Gasteiger partial charge in [-0.05, 0) is 12.1 Å². The lowest BCUT2D eigenvalue weighted by Crippen LogP contribution is -2.55. The highest BCUT2D eigenvalue weighted by Gasteiger charge is 2.35. The number of aromatic nitrogens is 3. The average Bonchev–Trinajstić information content (AvgIpc) is 2.91. The maximum atomic E-state index is 12.7. The lowest BCUT2D eigenvalue weighted by molar-refractivity contribution is 0.140. The van der Waals surface area contributed by atoms with Crippen molar-refractivity contribution in [1.82, 2.24) is 24.0 Å². The van der Waals surface area contributed by atoms with Gasteiger partial charge in [0.25, 0.3) is 10.2 Å². The van der Waals surface area contributed by atoms with Crippen LogP contribution >= 0.6 is 11.6 Å². The summed E-state index contributed by atoms with van der Waals surface area (Å²) in [5.41, 5.74) is 1.08. The Hall–Kier alpha value is -1.55. The Morgan fingerprint density at radius 2 is 2.09 bits per heavy atom. The second-order valence-electron chi connectivity index (χ2n) is 4.85. The van der Waals surface area contributed by atoms with Gasteiger partial charge in [-0.25, -0.2) is 9.07 Å². The highest BCUT2D eigenvalue weighted by atomic mass is 35.5. The molecule has 0 aliphatic carbocycles. The van der Waals surface area contributed by atoms with Gasteiger partial charge in [0.1, 0.15) is 6.17 Å². The molecule has 1 aliphatic rings. The summed E-state index contributed by atoms with van der Waals surface area (Å²) in [5, 5.41) is 8.31. The Labute approximate surface area is 131 Å². The summed E-state index contributed by atoms with van der Waals surface area (Å²) in [6.45, 7) is -0.246. The number of benzene rings is 1. The first-order valence-corrected chi connectivity index (χ1v) is 8.32. The molecule has 0 saturated carbocycles. The van der Waals surface area contributed by atoms with Gasteiger partial charge < -0.3 is 0 Å². The van der Waals surface area contributed by atoms with Crippen LogP contribution in [0.5, 0.6) is 0 Å². The molecular formula is C12H13ClFN5O2S. The zero-order chi connectivity index (χ0) is 15.7. The number of rotatable bonds is 5. The molecule has 3 rings (SSSR count). The standard InChI is InChI=1S/C12H13ClFN5O2S/c13-11-3-1-2-4-12(11)19-8-10(16-17-19)5-15-22(20,21)18-6-9(14)7-18/h1-4,8-9,15H,5-7H2. The highest BCUT2D eigenvalue weighted by molar-refractivity contribution is 7.87. The Kier molecular flexibility index (Phi) is 4.13. The SMILES string of the molecule is O=S(=O)(NCc1cn(-c2ccccc2Cl)nn1)N1CC(F)C1. The van der Waals surface area contributed by atoms with Gasteiger partial charge in [-0.15, -0.1) is 5.10 Å². The monoisotopic (exact) mass is 345 g/mol. The number of halogens is 2. The first-order chi connectivity index (χ1) is 10.5. The van der Waals surface area contributed by atoms with Crippen molar-refractivity contribution < 1.29 is 12.8 Å². The summed E-state index contributed by atoms with van der Waals surface area (Å²) in [4.78, 5) is 0. The summed E-state index contributed by atoms with van der Waals surface area (Å²) in [6.07, 6.45) is 0.496. The molecule has 1 aliphatic heterocycles. The molecule has 1 saturated heterocycles. The fraction of sp³-hybridized carbons (Fsp3) is 0.333. The fourth-order valence-corrected chi connectivity index (χ4v) is 3.43. The van der Waals surface area contributed by atoms with Crippen molar-refractivity contribution in [2.75, 3.05) is 13.1 Å². The van der Waals surface area contributed by atoms with E-state index in [4.69, 9.17) is 11.6 Å². The van der Waals surface area contributed by atoms with Gasteiger partial charge in [0.15, 0.2) is 0 Å². The van der Waals surface area contributed by atoms with Crippen LogP contribution in [-0.4, -0.2) is 47.0 Å². The van der Waals surface area contributed by atoms with Gasteiger partial charge in [0.2, 0.25) is 0 Å². The normalized spacial score (nSPS) is 16.6. The van der Waals surface area contributed by atoms with Gasteiger partial charge >= 0.3 is 0 Å². The van der Waals surface area contributed by atoms with E-state index in [-0.39, 0.29) is 19.6 Å². The van der Waals surface area contributed by atoms with Crippen molar-refractivity contribution in [2.24, 2.45) is 0 Å². The average molecular weight is 346 g/mol. The Morgan fingerprint density at radius 3 is 2.77 bits per heavy atom. The number of para-hydroxylation sites is 1. The molecule has 0 spiro atoms. The fourth-order valence-electron chi connectivity index (χ4n) is 1.98. The molecule has 0 atom stereocenters. The van der Waals surface area contributed by atoms with E-state index in [0.29, 0.717) is 16.4 Å². The first-order valence-electron chi connectivity index (χ1n) is 6.50. The van der Waals surface area contributed by atoms with Gasteiger partial charge in [-0.3, -0.25) is 0 Å². The van der Waals surface area contributed by atoms with Crippen LogP contribution in [0.25, 0.3) is 5.69 Å². The largest absolute Gasteiger partial charge is 0.280 e. The second-order valence-corrected chi connectivity index (χ2v) is 7.01. The van der Waals surface area contributed by atoms with Crippen molar-refractivity contribution >= 4 is 21.8 Å². The van der Waals surface area contributed by atoms with E-state index in [2.05, 4.69) is 15.0 Å². The molecule has 10 heteroatoms. The van der Waals surface area contributed by atoms with Crippen LogP contribution in [-0.2, 0) is 16.8 Å². The third kappa shape index (κ3) is 3.12. The summed E-state index contributed by atoms with van der Waals surface area (Å²) in [6, 6.07) is 7.09. The molecule has 1 fully saturated rings. The molecule has 7 nitrogen and oxygen atoms in total. The summed E-state index contributed by atoms with van der Waals surface area (Å²) < 4.78 is 41.3. The third-order valence-electron chi connectivity index (χ3n) is 3.22. The Morgan fingerprint density at radius 1 is 1.36 bits per heavy atom. The lowest BCUT2D eigenvalue weighted by Gasteiger charge is -2.32. The zero-order valence-electron chi connectivity index (χ0n) is 11.4. The van der Waals surface area contributed by atoms with Gasteiger partial charge in [0.05, 0.1) is 29.1 Å². The number of nitrogens with one attached hydrogen (secondary N) is 1. The van der Waals surface area contributed by atoms with Crippen molar-refractivity contribution in [3.05, 3.63) is 41.2 Å². The quantitative estimate of drug-likeness (QED) is 0.873. The molecule has 118 valence electrons. The first kappa shape index (κ1) is 15.3. The van der Waals surface area contributed by atoms with Gasteiger partial charge in [-0.1, -0.05) is 28.9 Å². The van der Waals surface area contributed by atoms with Crippen molar-refractivity contribution in [3.63, 3.8) is 0 Å². The van der Waals surface area contributed by atoms with E-state index in [0.717, 1.165) is 4.31 Å². The second kappa shape index (κ2) is 5.92. The molecule has 1 N–H and O–H groups in total. The minimum absolute atomic E-state index is 0.0275. The van der Waals surface area contributed by atoms with Crippen LogP contribution in [0, 0.1) is 0 Å². The third-order valence-corrected chi connectivity index (χ3v) is 5.03. The van der Waals surface area contributed by atoms with E-state index in [1.165, 1.54) is 4.68 Å². The minimum atomic E-state index is -3.68. The van der Waals surface area contributed by atoms with Crippen LogP contribution in [0.2, 0.25) is 5.02 Å². The molecule has 1 aromatic carbocycles. The summed E-state index contributed by atoms with van der Waals surface area (Å²) >= 11 is 6.06. The van der Waals surface area contributed by atoms with Crippen LogP contribution in [0.3, 0.4) is 0 Å². The van der Waals surface area contributed by atoms with Crippen LogP contribution in [0.15, 0.2) is 30.5 Å². The zero-order valence-corrected chi connectivity index (χ0v) is 12.9. The molecule has 22 heavy (non-hydrogen) atoms. The highest BCUT2D eigenvalue weighted by Crippen LogP contribution is 2.19. The molecule has 2 heterocycles. The molecule has 0 amide bonds. The van der Waals surface area contributed by atoms with E-state index in [1.807, 2.05) is 6.07 Å². The molecule has 2 aromatic rings. The molecule has 1 aromatic heterocycles. The molecular weight excluding hydrogens is 333 g/mol. The van der Waals surface area contributed by atoms with Gasteiger partial charge in [0, 0.05) is 13.1 Å².